The Morgan fingerprint density at radius 1 is 0.933 bits per heavy atom. The highest BCUT2D eigenvalue weighted by molar-refractivity contribution is 7.92. The SMILES string of the molecule is CCNc1cc(Nc2ccc(NS(=O)(=O)c3ccc(C(C)=O)cc3)cc2)nc(C)n1. The van der Waals surface area contributed by atoms with E-state index >= 15 is 0 Å². The van der Waals surface area contributed by atoms with Gasteiger partial charge in [-0.15, -0.1) is 0 Å². The fourth-order valence-electron chi connectivity index (χ4n) is 2.76. The molecule has 1 aromatic heterocycles. The fraction of sp³-hybridized carbons (Fsp3) is 0.190. The third-order valence-electron chi connectivity index (χ3n) is 4.18. The number of nitrogens with zero attached hydrogens (tertiary/aromatic N) is 2. The van der Waals surface area contributed by atoms with Crippen molar-refractivity contribution in [2.45, 2.75) is 25.7 Å². The normalized spacial score (nSPS) is 11.0. The van der Waals surface area contributed by atoms with Crippen molar-refractivity contribution in [1.29, 1.82) is 0 Å². The molecule has 0 radical (unpaired) electrons. The van der Waals surface area contributed by atoms with Gasteiger partial charge in [0.25, 0.3) is 10.0 Å². The van der Waals surface area contributed by atoms with Crippen molar-refractivity contribution in [3.8, 4) is 0 Å². The van der Waals surface area contributed by atoms with Gasteiger partial charge in [0.15, 0.2) is 5.78 Å². The maximum Gasteiger partial charge on any atom is 0.261 e. The van der Waals surface area contributed by atoms with Crippen LogP contribution in [0.25, 0.3) is 0 Å². The highest BCUT2D eigenvalue weighted by Gasteiger charge is 2.14. The van der Waals surface area contributed by atoms with Crippen LogP contribution in [0.4, 0.5) is 23.0 Å². The Balaban J connectivity index is 1.72. The Morgan fingerprint density at radius 2 is 1.53 bits per heavy atom. The Bertz CT molecular complexity index is 1140. The summed E-state index contributed by atoms with van der Waals surface area (Å²) in [6.45, 7) is 5.98. The Morgan fingerprint density at radius 3 is 2.13 bits per heavy atom. The average Bonchev–Trinajstić information content (AvgIpc) is 2.69. The summed E-state index contributed by atoms with van der Waals surface area (Å²) in [6, 6.07) is 14.4. The molecule has 0 saturated heterocycles. The number of benzene rings is 2. The fourth-order valence-corrected chi connectivity index (χ4v) is 3.81. The first-order chi connectivity index (χ1) is 14.3. The van der Waals surface area contributed by atoms with E-state index < -0.39 is 10.0 Å². The van der Waals surface area contributed by atoms with Gasteiger partial charge in [-0.1, -0.05) is 12.1 Å². The zero-order chi connectivity index (χ0) is 21.7. The molecular weight excluding hydrogens is 402 g/mol. The monoisotopic (exact) mass is 425 g/mol. The first kappa shape index (κ1) is 21.3. The van der Waals surface area contributed by atoms with Gasteiger partial charge in [0, 0.05) is 29.5 Å². The number of rotatable bonds is 8. The minimum absolute atomic E-state index is 0.0853. The van der Waals surface area contributed by atoms with Crippen LogP contribution in [0.3, 0.4) is 0 Å². The van der Waals surface area contributed by atoms with Crippen LogP contribution in [0.2, 0.25) is 0 Å². The van der Waals surface area contributed by atoms with E-state index in [0.717, 1.165) is 18.1 Å². The number of carbonyl (C=O) groups is 1. The smallest absolute Gasteiger partial charge is 0.261 e. The summed E-state index contributed by atoms with van der Waals surface area (Å²) in [5.41, 5.74) is 1.63. The van der Waals surface area contributed by atoms with Crippen molar-refractivity contribution >= 4 is 38.8 Å². The van der Waals surface area contributed by atoms with Crippen molar-refractivity contribution < 1.29 is 13.2 Å². The molecule has 0 aliphatic rings. The molecule has 0 bridgehead atoms. The largest absolute Gasteiger partial charge is 0.370 e. The van der Waals surface area contributed by atoms with Gasteiger partial charge in [-0.25, -0.2) is 18.4 Å². The van der Waals surface area contributed by atoms with Crippen molar-refractivity contribution in [2.24, 2.45) is 0 Å². The van der Waals surface area contributed by atoms with E-state index in [0.29, 0.717) is 22.9 Å². The molecule has 3 N–H and O–H groups in total. The molecule has 156 valence electrons. The van der Waals surface area contributed by atoms with Gasteiger partial charge >= 0.3 is 0 Å². The van der Waals surface area contributed by atoms with Crippen LogP contribution in [-0.2, 0) is 10.0 Å². The Hall–Kier alpha value is -3.46. The number of hydrogen-bond acceptors (Lipinski definition) is 7. The van der Waals surface area contributed by atoms with E-state index in [1.54, 1.807) is 30.3 Å². The molecule has 0 amide bonds. The van der Waals surface area contributed by atoms with E-state index in [2.05, 4.69) is 25.3 Å². The molecule has 0 spiro atoms. The quantitative estimate of drug-likeness (QED) is 0.468. The Labute approximate surface area is 175 Å². The minimum Gasteiger partial charge on any atom is -0.370 e. The number of sulfonamides is 1. The van der Waals surface area contributed by atoms with Gasteiger partial charge in [-0.2, -0.15) is 0 Å². The molecule has 0 saturated carbocycles. The number of aromatic nitrogens is 2. The third-order valence-corrected chi connectivity index (χ3v) is 5.57. The maximum absolute atomic E-state index is 12.6. The van der Waals surface area contributed by atoms with Crippen LogP contribution in [0.5, 0.6) is 0 Å². The van der Waals surface area contributed by atoms with E-state index in [9.17, 15) is 13.2 Å². The maximum atomic E-state index is 12.6. The average molecular weight is 426 g/mol. The zero-order valence-corrected chi connectivity index (χ0v) is 17.7. The lowest BCUT2D eigenvalue weighted by Crippen LogP contribution is -2.13. The van der Waals surface area contributed by atoms with Crippen molar-refractivity contribution in [2.75, 3.05) is 21.9 Å². The first-order valence-electron chi connectivity index (χ1n) is 9.37. The second-order valence-corrected chi connectivity index (χ2v) is 8.29. The third kappa shape index (κ3) is 5.32. The molecule has 0 atom stereocenters. The number of anilines is 4. The molecular formula is C21H23N5O3S. The topological polar surface area (TPSA) is 113 Å². The van der Waals surface area contributed by atoms with Crippen molar-refractivity contribution in [3.63, 3.8) is 0 Å². The summed E-state index contributed by atoms with van der Waals surface area (Å²) in [4.78, 5) is 20.1. The highest BCUT2D eigenvalue weighted by atomic mass is 32.2. The predicted octanol–water partition coefficient (Wildman–Crippen LogP) is 3.96. The lowest BCUT2D eigenvalue weighted by atomic mass is 10.2. The van der Waals surface area contributed by atoms with E-state index in [-0.39, 0.29) is 10.7 Å². The van der Waals surface area contributed by atoms with Crippen LogP contribution < -0.4 is 15.4 Å². The molecule has 0 aliphatic carbocycles. The van der Waals surface area contributed by atoms with E-state index in [1.807, 2.05) is 13.8 Å². The van der Waals surface area contributed by atoms with Crippen molar-refractivity contribution in [3.05, 3.63) is 66.0 Å². The molecule has 3 rings (SSSR count). The van der Waals surface area contributed by atoms with Gasteiger partial charge < -0.3 is 10.6 Å². The molecule has 0 aliphatic heterocycles. The number of Topliss-reactive ketones (excluding diaryl/α,β-unsaturated/α-hetero) is 1. The van der Waals surface area contributed by atoms with Crippen LogP contribution in [0.1, 0.15) is 30.0 Å². The minimum atomic E-state index is -3.76. The van der Waals surface area contributed by atoms with Gasteiger partial charge in [0.1, 0.15) is 17.5 Å². The lowest BCUT2D eigenvalue weighted by molar-refractivity contribution is 0.101. The predicted molar refractivity (Wildman–Crippen MR) is 118 cm³/mol. The summed E-state index contributed by atoms with van der Waals surface area (Å²) in [6.07, 6.45) is 0. The van der Waals surface area contributed by atoms with Crippen molar-refractivity contribution in [1.82, 2.24) is 9.97 Å². The standard InChI is InChI=1S/C21H23N5O3S/c1-4-22-20-13-21(24-15(3)23-20)25-17-7-9-18(10-8-17)26-30(28,29)19-11-5-16(6-12-19)14(2)27/h5-13,26H,4H2,1-3H3,(H2,22,23,24,25). The Kier molecular flexibility index (Phi) is 6.31. The second kappa shape index (κ2) is 8.91. The number of ketones is 1. The zero-order valence-electron chi connectivity index (χ0n) is 16.9. The van der Waals surface area contributed by atoms with Gasteiger partial charge in [-0.05, 0) is 57.2 Å². The summed E-state index contributed by atoms with van der Waals surface area (Å²) >= 11 is 0. The number of hydrogen-bond donors (Lipinski definition) is 3. The van der Waals surface area contributed by atoms with Gasteiger partial charge in [0.05, 0.1) is 4.90 Å². The van der Waals surface area contributed by atoms with Gasteiger partial charge in [-0.3, -0.25) is 9.52 Å². The summed E-state index contributed by atoms with van der Waals surface area (Å²) in [5, 5.41) is 6.33. The summed E-state index contributed by atoms with van der Waals surface area (Å²) < 4.78 is 27.7. The number of carbonyl (C=O) groups excluding carboxylic acids is 1. The van der Waals surface area contributed by atoms with E-state index in [1.165, 1.54) is 31.2 Å². The molecule has 0 fully saturated rings. The first-order valence-corrected chi connectivity index (χ1v) is 10.9. The highest BCUT2D eigenvalue weighted by Crippen LogP contribution is 2.22. The molecule has 2 aromatic carbocycles. The van der Waals surface area contributed by atoms with E-state index in [4.69, 9.17) is 0 Å². The molecule has 9 heteroatoms. The van der Waals surface area contributed by atoms with Gasteiger partial charge in [0.2, 0.25) is 0 Å². The number of nitrogens with one attached hydrogen (secondary N) is 3. The molecule has 1 heterocycles. The van der Waals surface area contributed by atoms with Crippen LogP contribution >= 0.6 is 0 Å². The van der Waals surface area contributed by atoms with Crippen LogP contribution in [-0.4, -0.2) is 30.7 Å². The van der Waals surface area contributed by atoms with Crippen LogP contribution in [0, 0.1) is 6.92 Å². The second-order valence-electron chi connectivity index (χ2n) is 6.60. The molecule has 30 heavy (non-hydrogen) atoms. The molecule has 8 nitrogen and oxygen atoms in total. The number of aryl methyl sites for hydroxylation is 1. The summed E-state index contributed by atoms with van der Waals surface area (Å²) in [7, 11) is -3.76. The summed E-state index contributed by atoms with van der Waals surface area (Å²) in [5.74, 6) is 1.88. The molecule has 0 unspecified atom stereocenters. The van der Waals surface area contributed by atoms with Crippen LogP contribution in [0.15, 0.2) is 59.5 Å². The molecule has 3 aromatic rings. The lowest BCUT2D eigenvalue weighted by Gasteiger charge is -2.11.